The maximum atomic E-state index is 4.94. The molecule has 0 amide bonds. The Morgan fingerprint density at radius 1 is 1.20 bits per heavy atom. The van der Waals surface area contributed by atoms with Crippen molar-refractivity contribution in [3.8, 4) is 0 Å². The summed E-state index contributed by atoms with van der Waals surface area (Å²) in [4.78, 5) is 9.58. The van der Waals surface area contributed by atoms with Gasteiger partial charge in [-0.05, 0) is 35.5 Å². The Balaban J connectivity index is 2.19. The van der Waals surface area contributed by atoms with Gasteiger partial charge in [0.2, 0.25) is 0 Å². The molecule has 2 heterocycles. The van der Waals surface area contributed by atoms with Crippen molar-refractivity contribution in [1.82, 2.24) is 0 Å². The number of unbranched alkanes of at least 4 members (excludes halogenated alkanes) is 1. The first-order chi connectivity index (χ1) is 9.52. The molecule has 2 rings (SSSR count). The normalized spacial score (nSPS) is 25.4. The van der Waals surface area contributed by atoms with Crippen LogP contribution in [0.25, 0.3) is 0 Å². The molecule has 2 atom stereocenters. The zero-order valence-electron chi connectivity index (χ0n) is 13.6. The van der Waals surface area contributed by atoms with Crippen molar-refractivity contribution in [2.24, 2.45) is 21.8 Å². The molecule has 20 heavy (non-hydrogen) atoms. The lowest BCUT2D eigenvalue weighted by molar-refractivity contribution is 0.579. The first-order valence-electron chi connectivity index (χ1n) is 8.07. The van der Waals surface area contributed by atoms with Gasteiger partial charge in [0.05, 0.1) is 12.1 Å². The van der Waals surface area contributed by atoms with Crippen molar-refractivity contribution in [3.63, 3.8) is 0 Å². The molecule has 2 heteroatoms. The van der Waals surface area contributed by atoms with E-state index in [0.29, 0.717) is 23.9 Å². The summed E-state index contributed by atoms with van der Waals surface area (Å²) in [6.07, 6.45) is 10.3. The number of rotatable bonds is 6. The Kier molecular flexibility index (Phi) is 4.95. The van der Waals surface area contributed by atoms with E-state index >= 15 is 0 Å². The molecule has 0 bridgehead atoms. The van der Waals surface area contributed by atoms with E-state index in [4.69, 9.17) is 4.99 Å². The van der Waals surface area contributed by atoms with Gasteiger partial charge in [0.25, 0.3) is 0 Å². The van der Waals surface area contributed by atoms with Crippen LogP contribution in [-0.2, 0) is 0 Å². The number of allylic oxidation sites excluding steroid dienone is 1. The van der Waals surface area contributed by atoms with Gasteiger partial charge >= 0.3 is 0 Å². The number of hydrogen-bond donors (Lipinski definition) is 0. The van der Waals surface area contributed by atoms with Crippen LogP contribution in [0.3, 0.4) is 0 Å². The zero-order valence-corrected chi connectivity index (χ0v) is 13.6. The van der Waals surface area contributed by atoms with Gasteiger partial charge in [-0.3, -0.25) is 9.98 Å². The van der Waals surface area contributed by atoms with E-state index in [1.165, 1.54) is 29.7 Å². The van der Waals surface area contributed by atoms with Gasteiger partial charge in [0.1, 0.15) is 0 Å². The predicted octanol–water partition coefficient (Wildman–Crippen LogP) is 4.62. The van der Waals surface area contributed by atoms with Crippen LogP contribution in [0, 0.1) is 11.8 Å². The quantitative estimate of drug-likeness (QED) is 0.674. The maximum Gasteiger partial charge on any atom is 0.0759 e. The van der Waals surface area contributed by atoms with Crippen LogP contribution in [0.1, 0.15) is 53.9 Å². The highest BCUT2D eigenvalue weighted by Crippen LogP contribution is 2.30. The Hall–Kier alpha value is -1.18. The molecule has 0 spiro atoms. The molecule has 0 aromatic rings. The molecule has 110 valence electrons. The average molecular weight is 272 g/mol. The molecule has 0 saturated heterocycles. The molecule has 0 saturated carbocycles. The summed E-state index contributed by atoms with van der Waals surface area (Å²) in [5, 5.41) is 0. The molecule has 2 nitrogen and oxygen atoms in total. The molecule has 0 radical (unpaired) electrons. The smallest absolute Gasteiger partial charge is 0.0759 e. The van der Waals surface area contributed by atoms with Gasteiger partial charge in [0, 0.05) is 11.9 Å². The first-order valence-corrected chi connectivity index (χ1v) is 8.07. The van der Waals surface area contributed by atoms with Gasteiger partial charge in [-0.25, -0.2) is 0 Å². The molecule has 0 aliphatic carbocycles. The van der Waals surface area contributed by atoms with E-state index in [9.17, 15) is 0 Å². The highest BCUT2D eigenvalue weighted by Gasteiger charge is 2.26. The van der Waals surface area contributed by atoms with Crippen LogP contribution in [0.5, 0.6) is 0 Å². The van der Waals surface area contributed by atoms with Gasteiger partial charge in [0.15, 0.2) is 0 Å². The van der Waals surface area contributed by atoms with Crippen molar-refractivity contribution in [2.75, 3.05) is 0 Å². The van der Waals surface area contributed by atoms with Gasteiger partial charge in [-0.1, -0.05) is 53.5 Å². The number of nitrogens with zero attached hydrogens (tertiary/aromatic N) is 2. The summed E-state index contributed by atoms with van der Waals surface area (Å²) in [5.41, 5.74) is 3.96. The van der Waals surface area contributed by atoms with E-state index in [-0.39, 0.29) is 0 Å². The van der Waals surface area contributed by atoms with Gasteiger partial charge < -0.3 is 0 Å². The minimum atomic E-state index is 0.348. The Labute approximate surface area is 123 Å². The molecule has 0 aromatic heterocycles. The van der Waals surface area contributed by atoms with E-state index in [0.717, 1.165) is 6.42 Å². The summed E-state index contributed by atoms with van der Waals surface area (Å²) in [7, 11) is 0. The Morgan fingerprint density at radius 2 is 1.95 bits per heavy atom. The molecular formula is C18H28N2. The SMILES string of the molecule is CCCCC1N=C(C(C)C)C=C1C1=CC(C(C)C)N=C1. The molecule has 2 aliphatic heterocycles. The van der Waals surface area contributed by atoms with E-state index < -0.39 is 0 Å². The lowest BCUT2D eigenvalue weighted by Gasteiger charge is -2.12. The monoisotopic (exact) mass is 272 g/mol. The predicted molar refractivity (Wildman–Crippen MR) is 88.9 cm³/mol. The second-order valence-electron chi connectivity index (χ2n) is 6.60. The average Bonchev–Trinajstić information content (AvgIpc) is 3.02. The summed E-state index contributed by atoms with van der Waals surface area (Å²) in [6.45, 7) is 11.2. The summed E-state index contributed by atoms with van der Waals surface area (Å²) in [6, 6.07) is 0.705. The number of aliphatic imine (C=N–C) groups is 2. The number of hydrogen-bond acceptors (Lipinski definition) is 2. The minimum Gasteiger partial charge on any atom is -0.285 e. The fourth-order valence-corrected chi connectivity index (χ4v) is 2.72. The first kappa shape index (κ1) is 15.2. The van der Waals surface area contributed by atoms with Crippen LogP contribution in [0.2, 0.25) is 0 Å². The van der Waals surface area contributed by atoms with Crippen LogP contribution in [0.15, 0.2) is 33.3 Å². The molecule has 2 aliphatic rings. The van der Waals surface area contributed by atoms with Crippen LogP contribution in [0.4, 0.5) is 0 Å². The van der Waals surface area contributed by atoms with E-state index in [1.807, 2.05) is 0 Å². The third-order valence-corrected chi connectivity index (χ3v) is 4.14. The second kappa shape index (κ2) is 6.51. The Morgan fingerprint density at radius 3 is 2.50 bits per heavy atom. The molecule has 0 fully saturated rings. The maximum absolute atomic E-state index is 4.94. The molecule has 2 unspecified atom stereocenters. The fourth-order valence-electron chi connectivity index (χ4n) is 2.72. The third-order valence-electron chi connectivity index (χ3n) is 4.14. The van der Waals surface area contributed by atoms with E-state index in [2.05, 4.69) is 58.0 Å². The topological polar surface area (TPSA) is 24.7 Å². The molecule has 0 N–H and O–H groups in total. The lowest BCUT2D eigenvalue weighted by Crippen LogP contribution is -2.09. The second-order valence-corrected chi connectivity index (χ2v) is 6.60. The highest BCUT2D eigenvalue weighted by atomic mass is 14.8. The largest absolute Gasteiger partial charge is 0.285 e. The molecule has 0 aromatic carbocycles. The van der Waals surface area contributed by atoms with Crippen LogP contribution < -0.4 is 0 Å². The van der Waals surface area contributed by atoms with Crippen LogP contribution in [-0.4, -0.2) is 24.0 Å². The van der Waals surface area contributed by atoms with Gasteiger partial charge in [-0.15, -0.1) is 0 Å². The Bertz CT molecular complexity index is 464. The van der Waals surface area contributed by atoms with E-state index in [1.54, 1.807) is 0 Å². The van der Waals surface area contributed by atoms with Crippen molar-refractivity contribution in [1.29, 1.82) is 0 Å². The fraction of sp³-hybridized carbons (Fsp3) is 0.667. The van der Waals surface area contributed by atoms with Crippen molar-refractivity contribution in [2.45, 2.75) is 66.0 Å². The molecular weight excluding hydrogens is 244 g/mol. The van der Waals surface area contributed by atoms with Crippen molar-refractivity contribution in [3.05, 3.63) is 23.3 Å². The summed E-state index contributed by atoms with van der Waals surface area (Å²) < 4.78 is 0. The van der Waals surface area contributed by atoms with Crippen molar-refractivity contribution >= 4 is 11.9 Å². The third kappa shape index (κ3) is 3.28. The zero-order chi connectivity index (χ0) is 14.7. The highest BCUT2D eigenvalue weighted by molar-refractivity contribution is 6.03. The van der Waals surface area contributed by atoms with Crippen molar-refractivity contribution < 1.29 is 0 Å². The lowest BCUT2D eigenvalue weighted by atomic mass is 9.94. The summed E-state index contributed by atoms with van der Waals surface area (Å²) >= 11 is 0. The van der Waals surface area contributed by atoms with Gasteiger partial charge in [-0.2, -0.15) is 0 Å². The standard InChI is InChI=1S/C18H28N2/c1-6-7-8-16-15(10-18(20-16)13(4)5)14-9-17(12(2)3)19-11-14/h9-13,16-17H,6-8H2,1-5H3. The minimum absolute atomic E-state index is 0.348. The summed E-state index contributed by atoms with van der Waals surface area (Å²) in [5.74, 6) is 1.08. The van der Waals surface area contributed by atoms with Crippen LogP contribution >= 0.6 is 0 Å².